The van der Waals surface area contributed by atoms with Crippen molar-refractivity contribution in [3.05, 3.63) is 57.7 Å². The zero-order chi connectivity index (χ0) is 16.1. The van der Waals surface area contributed by atoms with Crippen molar-refractivity contribution < 1.29 is 13.2 Å². The number of nitrogens with two attached hydrogens (primary N) is 1. The molecule has 0 bridgehead atoms. The summed E-state index contributed by atoms with van der Waals surface area (Å²) in [5.41, 5.74) is 5.11. The summed E-state index contributed by atoms with van der Waals surface area (Å²) in [7, 11) is -3.40. The van der Waals surface area contributed by atoms with Crippen LogP contribution in [0.5, 0.6) is 0 Å². The average molecular weight is 318 g/mol. The lowest BCUT2D eigenvalue weighted by Crippen LogP contribution is -2.35. The molecule has 114 valence electrons. The fourth-order valence-electron chi connectivity index (χ4n) is 2.72. The molecule has 6 nitrogen and oxygen atoms in total. The number of primary amides is 1. The number of benzene rings is 1. The molecule has 1 amide bonds. The summed E-state index contributed by atoms with van der Waals surface area (Å²) in [4.78, 5) is 24.1. The first-order valence-corrected chi connectivity index (χ1v) is 8.30. The van der Waals surface area contributed by atoms with Crippen molar-refractivity contribution in [1.82, 2.24) is 4.57 Å². The van der Waals surface area contributed by atoms with Crippen molar-refractivity contribution in [3.8, 4) is 0 Å². The van der Waals surface area contributed by atoms with Crippen LogP contribution in [0.1, 0.15) is 23.3 Å². The third-order valence-electron chi connectivity index (χ3n) is 3.97. The van der Waals surface area contributed by atoms with E-state index in [1.54, 1.807) is 24.3 Å². The predicted molar refractivity (Wildman–Crippen MR) is 83.3 cm³/mol. The number of carbonyl (C=O) groups is 1. The molecule has 22 heavy (non-hydrogen) atoms. The first kappa shape index (κ1) is 14.5. The number of hydrogen-bond acceptors (Lipinski definition) is 4. The number of hydrogen-bond donors (Lipinski definition) is 1. The third-order valence-corrected chi connectivity index (χ3v) is 5.83. The van der Waals surface area contributed by atoms with E-state index in [9.17, 15) is 18.0 Å². The van der Waals surface area contributed by atoms with E-state index in [0.29, 0.717) is 10.9 Å². The van der Waals surface area contributed by atoms with Gasteiger partial charge in [-0.2, -0.15) is 0 Å². The Kier molecular flexibility index (Phi) is 3.17. The maximum absolute atomic E-state index is 12.6. The van der Waals surface area contributed by atoms with Gasteiger partial charge in [-0.3, -0.25) is 14.2 Å². The zero-order valence-corrected chi connectivity index (χ0v) is 12.6. The number of fused-ring (bicyclic) bond motifs is 1. The fourth-order valence-corrected chi connectivity index (χ4v) is 3.95. The van der Waals surface area contributed by atoms with E-state index in [0.717, 1.165) is 5.41 Å². The molecule has 2 heterocycles. The fraction of sp³-hybridized carbons (Fsp3) is 0.200. The van der Waals surface area contributed by atoms with Crippen LogP contribution in [0.4, 0.5) is 0 Å². The van der Waals surface area contributed by atoms with Gasteiger partial charge < -0.3 is 5.73 Å². The van der Waals surface area contributed by atoms with Gasteiger partial charge in [0.15, 0.2) is 9.84 Å². The molecule has 2 aromatic rings. The Hall–Kier alpha value is -2.41. The minimum absolute atomic E-state index is 0.149. The quantitative estimate of drug-likeness (QED) is 0.892. The van der Waals surface area contributed by atoms with E-state index in [1.807, 2.05) is 0 Å². The average Bonchev–Trinajstić information content (AvgIpc) is 2.73. The number of para-hydroxylation sites is 1. The molecule has 0 saturated carbocycles. The maximum Gasteiger partial charge on any atom is 0.264 e. The molecule has 0 fully saturated rings. The first-order valence-electron chi connectivity index (χ1n) is 6.69. The van der Waals surface area contributed by atoms with Crippen molar-refractivity contribution in [2.24, 2.45) is 5.73 Å². The number of pyridine rings is 1. The van der Waals surface area contributed by atoms with Gasteiger partial charge in [0.05, 0.1) is 16.8 Å². The van der Waals surface area contributed by atoms with Gasteiger partial charge in [0.25, 0.3) is 11.5 Å². The van der Waals surface area contributed by atoms with E-state index in [-0.39, 0.29) is 5.56 Å². The molecular formula is C15H14N2O4S. The molecule has 1 aromatic carbocycles. The maximum atomic E-state index is 12.6. The lowest BCUT2D eigenvalue weighted by molar-refractivity contribution is 0.0998. The standard InChI is InChI=1S/C15H14N2O4S/c1-9-12(6-7-22(9,20)21)17-13-5-3-2-4-10(13)8-11(14(16)18)15(17)19/h2-9,12H,1H3,(H2,16,18)/t9?,12-/m1/s1. The molecule has 1 aliphatic rings. The molecule has 1 aromatic heterocycles. The summed E-state index contributed by atoms with van der Waals surface area (Å²) >= 11 is 0. The van der Waals surface area contributed by atoms with Gasteiger partial charge in [-0.05, 0) is 30.5 Å². The molecule has 1 unspecified atom stereocenters. The Labute approximate surface area is 126 Å². The van der Waals surface area contributed by atoms with Crippen molar-refractivity contribution in [2.45, 2.75) is 18.2 Å². The summed E-state index contributed by atoms with van der Waals surface area (Å²) < 4.78 is 25.2. The van der Waals surface area contributed by atoms with E-state index >= 15 is 0 Å². The summed E-state index contributed by atoms with van der Waals surface area (Å²) in [6, 6.07) is 7.76. The van der Waals surface area contributed by atoms with E-state index in [2.05, 4.69) is 0 Å². The van der Waals surface area contributed by atoms with Crippen LogP contribution >= 0.6 is 0 Å². The number of sulfone groups is 1. The van der Waals surface area contributed by atoms with Crippen LogP contribution in [0.2, 0.25) is 0 Å². The minimum Gasteiger partial charge on any atom is -0.365 e. The highest BCUT2D eigenvalue weighted by Crippen LogP contribution is 2.29. The van der Waals surface area contributed by atoms with Gasteiger partial charge in [0.2, 0.25) is 0 Å². The van der Waals surface area contributed by atoms with Crippen molar-refractivity contribution in [1.29, 1.82) is 0 Å². The SMILES string of the molecule is CC1[C@H](n2c(=O)c(C(N)=O)cc3ccccc32)C=CS1(=O)=O. The predicted octanol–water partition coefficient (Wildman–Crippen LogP) is 0.972. The Morgan fingerprint density at radius 3 is 2.55 bits per heavy atom. The summed E-state index contributed by atoms with van der Waals surface area (Å²) in [5.74, 6) is -0.831. The van der Waals surface area contributed by atoms with Crippen LogP contribution in [0, 0.1) is 0 Å². The van der Waals surface area contributed by atoms with Gasteiger partial charge in [-0.15, -0.1) is 0 Å². The number of rotatable bonds is 2. The van der Waals surface area contributed by atoms with Crippen LogP contribution in [0.3, 0.4) is 0 Å². The third kappa shape index (κ3) is 2.05. The molecular weight excluding hydrogens is 304 g/mol. The number of carbonyl (C=O) groups excluding carboxylic acids is 1. The largest absolute Gasteiger partial charge is 0.365 e. The number of amides is 1. The second-order valence-electron chi connectivity index (χ2n) is 5.27. The van der Waals surface area contributed by atoms with Crippen LogP contribution in [0.15, 0.2) is 46.6 Å². The minimum atomic E-state index is -3.40. The van der Waals surface area contributed by atoms with Crippen molar-refractivity contribution in [3.63, 3.8) is 0 Å². The van der Waals surface area contributed by atoms with Gasteiger partial charge in [0, 0.05) is 5.41 Å². The number of allylic oxidation sites excluding steroid dienone is 1. The molecule has 7 heteroatoms. The number of nitrogens with zero attached hydrogens (tertiary/aromatic N) is 1. The lowest BCUT2D eigenvalue weighted by Gasteiger charge is -2.20. The summed E-state index contributed by atoms with van der Waals surface area (Å²) in [6.07, 6.45) is 1.47. The molecule has 0 spiro atoms. The second-order valence-corrected chi connectivity index (χ2v) is 7.46. The molecule has 0 aliphatic carbocycles. The van der Waals surface area contributed by atoms with Crippen molar-refractivity contribution in [2.75, 3.05) is 0 Å². The van der Waals surface area contributed by atoms with Gasteiger partial charge >= 0.3 is 0 Å². The molecule has 2 atom stereocenters. The highest BCUT2D eigenvalue weighted by Gasteiger charge is 2.34. The highest BCUT2D eigenvalue weighted by molar-refractivity contribution is 7.95. The monoisotopic (exact) mass is 318 g/mol. The van der Waals surface area contributed by atoms with E-state index in [1.165, 1.54) is 23.6 Å². The van der Waals surface area contributed by atoms with Crippen LogP contribution in [-0.4, -0.2) is 24.1 Å². The van der Waals surface area contributed by atoms with Crippen LogP contribution < -0.4 is 11.3 Å². The Morgan fingerprint density at radius 1 is 1.27 bits per heavy atom. The molecule has 3 rings (SSSR count). The second kappa shape index (κ2) is 4.81. The van der Waals surface area contributed by atoms with Crippen LogP contribution in [0.25, 0.3) is 10.9 Å². The molecule has 0 saturated heterocycles. The van der Waals surface area contributed by atoms with E-state index in [4.69, 9.17) is 5.73 Å². The lowest BCUT2D eigenvalue weighted by atomic mass is 10.1. The van der Waals surface area contributed by atoms with Gasteiger partial charge in [0.1, 0.15) is 5.56 Å². The van der Waals surface area contributed by atoms with Crippen molar-refractivity contribution >= 4 is 26.6 Å². The highest BCUT2D eigenvalue weighted by atomic mass is 32.2. The molecule has 1 aliphatic heterocycles. The topological polar surface area (TPSA) is 99.2 Å². The van der Waals surface area contributed by atoms with Gasteiger partial charge in [-0.1, -0.05) is 18.2 Å². The summed E-state index contributed by atoms with van der Waals surface area (Å²) in [5, 5.41) is 0.984. The van der Waals surface area contributed by atoms with E-state index < -0.39 is 32.6 Å². The Morgan fingerprint density at radius 2 is 1.95 bits per heavy atom. The van der Waals surface area contributed by atoms with Crippen LogP contribution in [-0.2, 0) is 9.84 Å². The number of aromatic nitrogens is 1. The Balaban J connectivity index is 2.38. The summed E-state index contributed by atoms with van der Waals surface area (Å²) in [6.45, 7) is 1.54. The smallest absolute Gasteiger partial charge is 0.264 e. The Bertz CT molecular complexity index is 973. The van der Waals surface area contributed by atoms with Gasteiger partial charge in [-0.25, -0.2) is 8.42 Å². The zero-order valence-electron chi connectivity index (χ0n) is 11.8. The molecule has 0 radical (unpaired) electrons. The normalized spacial score (nSPS) is 23.0. The first-order chi connectivity index (χ1) is 10.3. The molecule has 2 N–H and O–H groups in total.